The molecule has 4 nitrogen and oxygen atoms in total. The maximum atomic E-state index is 12.2. The number of halogens is 4. The summed E-state index contributed by atoms with van der Waals surface area (Å²) in [5.41, 5.74) is 0.288. The first-order valence-electron chi connectivity index (χ1n) is 4.67. The van der Waals surface area contributed by atoms with Gasteiger partial charge in [-0.25, -0.2) is 9.97 Å². The number of alkyl halides is 2. The zero-order valence-electron chi connectivity index (χ0n) is 8.95. The fourth-order valence-electron chi connectivity index (χ4n) is 1.42. The Morgan fingerprint density at radius 2 is 1.89 bits per heavy atom. The van der Waals surface area contributed by atoms with E-state index >= 15 is 0 Å². The molecular weight excluding hydrogens is 289 g/mol. The Balaban J connectivity index is 2.65. The van der Waals surface area contributed by atoms with Crippen molar-refractivity contribution in [3.8, 4) is 11.5 Å². The minimum Gasteiger partial charge on any atom is -0.493 e. The van der Waals surface area contributed by atoms with E-state index in [-0.39, 0.29) is 27.5 Å². The Hall–Kier alpha value is -1.40. The predicted octanol–water partition coefficient (Wildman–Crippen LogP) is 3.55. The van der Waals surface area contributed by atoms with Crippen LogP contribution >= 0.6 is 23.2 Å². The predicted molar refractivity (Wildman–Crippen MR) is 62.7 cm³/mol. The van der Waals surface area contributed by atoms with E-state index in [1.165, 1.54) is 19.2 Å². The summed E-state index contributed by atoms with van der Waals surface area (Å²) in [6.07, 6.45) is 0. The van der Waals surface area contributed by atoms with Gasteiger partial charge in [0.15, 0.2) is 11.5 Å². The van der Waals surface area contributed by atoms with Gasteiger partial charge in [0, 0.05) is 11.5 Å². The van der Waals surface area contributed by atoms with Crippen molar-refractivity contribution in [3.63, 3.8) is 0 Å². The summed E-state index contributed by atoms with van der Waals surface area (Å²) in [7, 11) is 1.32. The molecule has 8 heteroatoms. The summed E-state index contributed by atoms with van der Waals surface area (Å²) in [4.78, 5) is 7.61. The van der Waals surface area contributed by atoms with E-state index in [2.05, 4.69) is 14.7 Å². The molecule has 0 N–H and O–H groups in total. The molecule has 2 aromatic rings. The molecule has 0 saturated heterocycles. The highest BCUT2D eigenvalue weighted by Crippen LogP contribution is 2.35. The van der Waals surface area contributed by atoms with Crippen molar-refractivity contribution in [2.24, 2.45) is 0 Å². The molecule has 0 radical (unpaired) electrons. The van der Waals surface area contributed by atoms with Gasteiger partial charge in [0.1, 0.15) is 5.15 Å². The average molecular weight is 295 g/mol. The number of methoxy groups -OCH3 is 1. The van der Waals surface area contributed by atoms with Gasteiger partial charge in [-0.15, -0.1) is 0 Å². The monoisotopic (exact) mass is 294 g/mol. The normalized spacial score (nSPS) is 11.0. The van der Waals surface area contributed by atoms with Crippen molar-refractivity contribution in [3.05, 3.63) is 22.6 Å². The van der Waals surface area contributed by atoms with Crippen molar-refractivity contribution in [1.82, 2.24) is 9.97 Å². The van der Waals surface area contributed by atoms with E-state index in [0.717, 1.165) is 0 Å². The van der Waals surface area contributed by atoms with Gasteiger partial charge in [0.05, 0.1) is 12.6 Å². The number of aromatic nitrogens is 2. The van der Waals surface area contributed by atoms with Crippen LogP contribution < -0.4 is 9.47 Å². The molecule has 18 heavy (non-hydrogen) atoms. The van der Waals surface area contributed by atoms with Crippen LogP contribution in [-0.4, -0.2) is 23.7 Å². The molecule has 0 aliphatic carbocycles. The zero-order chi connectivity index (χ0) is 13.3. The lowest BCUT2D eigenvalue weighted by Gasteiger charge is -2.11. The third kappa shape index (κ3) is 2.54. The molecule has 0 atom stereocenters. The number of nitrogens with zero attached hydrogens (tertiary/aromatic N) is 2. The topological polar surface area (TPSA) is 44.2 Å². The van der Waals surface area contributed by atoms with Crippen LogP contribution in [0.3, 0.4) is 0 Å². The summed E-state index contributed by atoms with van der Waals surface area (Å²) in [5, 5.41) is 0.451. The van der Waals surface area contributed by atoms with Crippen molar-refractivity contribution in [2.45, 2.75) is 6.61 Å². The van der Waals surface area contributed by atoms with Gasteiger partial charge in [-0.05, 0) is 17.7 Å². The number of hydrogen-bond acceptors (Lipinski definition) is 4. The summed E-state index contributed by atoms with van der Waals surface area (Å²) < 4.78 is 33.7. The number of ether oxygens (including phenoxy) is 2. The van der Waals surface area contributed by atoms with E-state index in [0.29, 0.717) is 5.39 Å². The van der Waals surface area contributed by atoms with Gasteiger partial charge in [0.25, 0.3) is 0 Å². The van der Waals surface area contributed by atoms with Crippen LogP contribution in [0.15, 0.2) is 12.1 Å². The van der Waals surface area contributed by atoms with Gasteiger partial charge in [-0.1, -0.05) is 11.6 Å². The van der Waals surface area contributed by atoms with E-state index in [9.17, 15) is 8.78 Å². The Morgan fingerprint density at radius 3 is 2.50 bits per heavy atom. The van der Waals surface area contributed by atoms with Crippen LogP contribution in [0.4, 0.5) is 8.78 Å². The first-order chi connectivity index (χ1) is 8.51. The molecule has 0 saturated carbocycles. The molecule has 2 rings (SSSR count). The fourth-order valence-corrected chi connectivity index (χ4v) is 1.87. The van der Waals surface area contributed by atoms with E-state index in [1.807, 2.05) is 0 Å². The van der Waals surface area contributed by atoms with Crippen molar-refractivity contribution >= 4 is 34.1 Å². The molecule has 0 bridgehead atoms. The van der Waals surface area contributed by atoms with E-state index < -0.39 is 6.61 Å². The standard InChI is InChI=1S/C10H6Cl2F2N2O2/c1-17-6-2-4-5(3-7(6)18-10(13)14)15-9(12)16-8(4)11/h2-3,10H,1H3. The van der Waals surface area contributed by atoms with Crippen LogP contribution in [0.5, 0.6) is 11.5 Å². The summed E-state index contributed by atoms with van der Waals surface area (Å²) in [6, 6.07) is 2.67. The molecule has 1 aromatic heterocycles. The summed E-state index contributed by atoms with van der Waals surface area (Å²) >= 11 is 11.5. The molecule has 0 aliphatic rings. The number of benzene rings is 1. The number of fused-ring (bicyclic) bond motifs is 1. The smallest absolute Gasteiger partial charge is 0.387 e. The lowest BCUT2D eigenvalue weighted by molar-refractivity contribution is -0.0511. The first-order valence-corrected chi connectivity index (χ1v) is 5.42. The second kappa shape index (κ2) is 5.07. The summed E-state index contributed by atoms with van der Waals surface area (Å²) in [6.45, 7) is -2.97. The molecule has 0 aliphatic heterocycles. The van der Waals surface area contributed by atoms with Crippen LogP contribution in [0, 0.1) is 0 Å². The maximum Gasteiger partial charge on any atom is 0.387 e. The van der Waals surface area contributed by atoms with E-state index in [4.69, 9.17) is 27.9 Å². The lowest BCUT2D eigenvalue weighted by Crippen LogP contribution is -2.04. The Kier molecular flexibility index (Phi) is 3.68. The Labute approximate surface area is 110 Å². The summed E-state index contributed by atoms with van der Waals surface area (Å²) in [5.74, 6) is -0.0403. The van der Waals surface area contributed by atoms with Crippen molar-refractivity contribution < 1.29 is 18.3 Å². The third-order valence-electron chi connectivity index (χ3n) is 2.12. The number of hydrogen-bond donors (Lipinski definition) is 0. The van der Waals surface area contributed by atoms with Gasteiger partial charge in [-0.2, -0.15) is 8.78 Å². The molecule has 1 aromatic carbocycles. The second-order valence-corrected chi connectivity index (χ2v) is 3.88. The largest absolute Gasteiger partial charge is 0.493 e. The average Bonchev–Trinajstić information content (AvgIpc) is 2.27. The molecule has 0 spiro atoms. The minimum atomic E-state index is -2.97. The van der Waals surface area contributed by atoms with Crippen molar-refractivity contribution in [1.29, 1.82) is 0 Å². The van der Waals surface area contributed by atoms with Gasteiger partial charge >= 0.3 is 6.61 Å². The minimum absolute atomic E-state index is 0.0827. The first kappa shape index (κ1) is 13.0. The highest BCUT2D eigenvalue weighted by atomic mass is 35.5. The van der Waals surface area contributed by atoms with Crippen LogP contribution in [0.1, 0.15) is 0 Å². The molecule has 0 unspecified atom stereocenters. The second-order valence-electron chi connectivity index (χ2n) is 3.18. The van der Waals surface area contributed by atoms with Crippen LogP contribution in [0.2, 0.25) is 10.4 Å². The Bertz CT molecular complexity index is 596. The van der Waals surface area contributed by atoms with Crippen LogP contribution in [0.25, 0.3) is 10.9 Å². The highest BCUT2D eigenvalue weighted by Gasteiger charge is 2.15. The lowest BCUT2D eigenvalue weighted by atomic mass is 10.2. The quantitative estimate of drug-likeness (QED) is 0.641. The van der Waals surface area contributed by atoms with Crippen LogP contribution in [-0.2, 0) is 0 Å². The van der Waals surface area contributed by atoms with Gasteiger partial charge in [-0.3, -0.25) is 0 Å². The molecule has 0 fully saturated rings. The third-order valence-corrected chi connectivity index (χ3v) is 2.58. The molecular formula is C10H6Cl2F2N2O2. The van der Waals surface area contributed by atoms with Gasteiger partial charge in [0.2, 0.25) is 5.28 Å². The van der Waals surface area contributed by atoms with Gasteiger partial charge < -0.3 is 9.47 Å². The molecule has 96 valence electrons. The SMILES string of the molecule is COc1cc2c(Cl)nc(Cl)nc2cc1OC(F)F. The zero-order valence-corrected chi connectivity index (χ0v) is 10.5. The maximum absolute atomic E-state index is 12.2. The fraction of sp³-hybridized carbons (Fsp3) is 0.200. The molecule has 1 heterocycles. The van der Waals surface area contributed by atoms with E-state index in [1.54, 1.807) is 0 Å². The van der Waals surface area contributed by atoms with Crippen molar-refractivity contribution in [2.75, 3.05) is 7.11 Å². The highest BCUT2D eigenvalue weighted by molar-refractivity contribution is 6.35. The Morgan fingerprint density at radius 1 is 1.17 bits per heavy atom. The molecule has 0 amide bonds. The number of rotatable bonds is 3.